The number of carbonyl (C=O) groups excluding carboxylic acids is 1. The van der Waals surface area contributed by atoms with Crippen molar-refractivity contribution in [3.05, 3.63) is 0 Å². The molecule has 0 aliphatic carbocycles. The molecular weight excluding hydrogens is 190 g/mol. The van der Waals surface area contributed by atoms with Gasteiger partial charge in [-0.1, -0.05) is 13.8 Å². The molecule has 1 amide bonds. The second-order valence-electron chi connectivity index (χ2n) is 4.66. The Bertz CT molecular complexity index is 196. The van der Waals surface area contributed by atoms with Crippen molar-refractivity contribution in [2.24, 2.45) is 0 Å². The molecule has 1 atom stereocenters. The highest BCUT2D eigenvalue weighted by molar-refractivity contribution is 5.68. The van der Waals surface area contributed by atoms with E-state index in [2.05, 4.69) is 6.92 Å². The molecule has 1 aliphatic heterocycles. The maximum atomic E-state index is 11.6. The Balaban J connectivity index is 0.000000921. The zero-order chi connectivity index (χ0) is 12.1. The van der Waals surface area contributed by atoms with Crippen molar-refractivity contribution >= 4 is 6.09 Å². The van der Waals surface area contributed by atoms with Crippen molar-refractivity contribution in [1.82, 2.24) is 4.90 Å². The zero-order valence-corrected chi connectivity index (χ0v) is 11.0. The normalized spacial score (nSPS) is 20.7. The summed E-state index contributed by atoms with van der Waals surface area (Å²) < 4.78 is 5.28. The van der Waals surface area contributed by atoms with Gasteiger partial charge in [-0.15, -0.1) is 0 Å². The number of likely N-dealkylation sites (tertiary alicyclic amines) is 1. The van der Waals surface area contributed by atoms with Crippen LogP contribution >= 0.6 is 0 Å². The summed E-state index contributed by atoms with van der Waals surface area (Å²) in [6, 6.07) is 0.342. The fourth-order valence-electron chi connectivity index (χ4n) is 1.53. The van der Waals surface area contributed by atoms with Crippen LogP contribution in [-0.2, 0) is 4.74 Å². The molecule has 0 aromatic rings. The highest BCUT2D eigenvalue weighted by atomic mass is 16.6. The third-order valence-corrected chi connectivity index (χ3v) is 2.18. The Labute approximate surface area is 93.8 Å². The van der Waals surface area contributed by atoms with E-state index in [-0.39, 0.29) is 11.7 Å². The Morgan fingerprint density at radius 1 is 1.33 bits per heavy atom. The summed E-state index contributed by atoms with van der Waals surface area (Å²) in [5.41, 5.74) is -0.376. The predicted octanol–water partition coefficient (Wildman–Crippen LogP) is 3.43. The Hall–Kier alpha value is -0.730. The van der Waals surface area contributed by atoms with Gasteiger partial charge in [-0.2, -0.15) is 0 Å². The van der Waals surface area contributed by atoms with Gasteiger partial charge >= 0.3 is 6.09 Å². The molecule has 0 saturated carbocycles. The third-order valence-electron chi connectivity index (χ3n) is 2.18. The van der Waals surface area contributed by atoms with Crippen LogP contribution in [0.2, 0.25) is 0 Å². The van der Waals surface area contributed by atoms with Gasteiger partial charge in [-0.05, 0) is 40.5 Å². The molecule has 90 valence electrons. The van der Waals surface area contributed by atoms with E-state index in [1.54, 1.807) is 0 Å². The van der Waals surface area contributed by atoms with Crippen LogP contribution in [0.4, 0.5) is 4.79 Å². The average Bonchev–Trinajstić information content (AvgIpc) is 2.52. The van der Waals surface area contributed by atoms with Crippen molar-refractivity contribution in [2.45, 2.75) is 66.0 Å². The van der Waals surface area contributed by atoms with Gasteiger partial charge < -0.3 is 9.64 Å². The van der Waals surface area contributed by atoms with Gasteiger partial charge in [0.25, 0.3) is 0 Å². The highest BCUT2D eigenvalue weighted by Gasteiger charge is 2.28. The number of rotatable bonds is 0. The number of ether oxygens (including phenoxy) is 1. The predicted molar refractivity (Wildman–Crippen MR) is 63.0 cm³/mol. The molecule has 15 heavy (non-hydrogen) atoms. The minimum atomic E-state index is -0.376. The first kappa shape index (κ1) is 14.3. The molecule has 0 spiro atoms. The van der Waals surface area contributed by atoms with E-state index < -0.39 is 0 Å². The van der Waals surface area contributed by atoms with Crippen LogP contribution in [0.5, 0.6) is 0 Å². The van der Waals surface area contributed by atoms with Crippen LogP contribution in [0, 0.1) is 0 Å². The average molecular weight is 215 g/mol. The van der Waals surface area contributed by atoms with Crippen molar-refractivity contribution in [2.75, 3.05) is 6.54 Å². The van der Waals surface area contributed by atoms with Crippen molar-refractivity contribution in [3.63, 3.8) is 0 Å². The standard InChI is InChI=1S/C10H19NO2.C2H6/c1-8-6-5-7-11(8)9(12)13-10(2,3)4;1-2/h8H,5-7H2,1-4H3;1-2H3/t8-;/m0./s1. The van der Waals surface area contributed by atoms with E-state index in [1.165, 1.54) is 0 Å². The summed E-state index contributed by atoms with van der Waals surface area (Å²) in [6.45, 7) is 12.6. The lowest BCUT2D eigenvalue weighted by Gasteiger charge is -2.26. The largest absolute Gasteiger partial charge is 0.444 e. The minimum absolute atomic E-state index is 0.169. The summed E-state index contributed by atoms with van der Waals surface area (Å²) in [6.07, 6.45) is 2.03. The lowest BCUT2D eigenvalue weighted by atomic mass is 10.2. The summed E-state index contributed by atoms with van der Waals surface area (Å²) >= 11 is 0. The second kappa shape index (κ2) is 5.99. The molecule has 1 fully saturated rings. The van der Waals surface area contributed by atoms with Gasteiger partial charge in [0.15, 0.2) is 0 Å². The van der Waals surface area contributed by atoms with Gasteiger partial charge in [-0.25, -0.2) is 4.79 Å². The van der Waals surface area contributed by atoms with Crippen LogP contribution in [0.1, 0.15) is 54.4 Å². The number of hydrogen-bond acceptors (Lipinski definition) is 2. The molecular formula is C12H25NO2. The van der Waals surface area contributed by atoms with Crippen LogP contribution in [0.3, 0.4) is 0 Å². The van der Waals surface area contributed by atoms with E-state index in [4.69, 9.17) is 4.74 Å². The topological polar surface area (TPSA) is 29.5 Å². The van der Waals surface area contributed by atoms with Crippen LogP contribution in [-0.4, -0.2) is 29.2 Å². The Kier molecular flexibility index (Phi) is 5.69. The minimum Gasteiger partial charge on any atom is -0.444 e. The molecule has 0 unspecified atom stereocenters. The molecule has 0 bridgehead atoms. The van der Waals surface area contributed by atoms with E-state index in [1.807, 2.05) is 39.5 Å². The monoisotopic (exact) mass is 215 g/mol. The summed E-state index contributed by atoms with van der Waals surface area (Å²) in [7, 11) is 0. The van der Waals surface area contributed by atoms with Crippen LogP contribution in [0.15, 0.2) is 0 Å². The molecule has 0 N–H and O–H groups in total. The fourth-order valence-corrected chi connectivity index (χ4v) is 1.53. The molecule has 1 heterocycles. The van der Waals surface area contributed by atoms with Gasteiger partial charge in [0.05, 0.1) is 0 Å². The molecule has 0 radical (unpaired) electrons. The first-order valence-corrected chi connectivity index (χ1v) is 5.90. The van der Waals surface area contributed by atoms with Gasteiger partial charge in [-0.3, -0.25) is 0 Å². The maximum absolute atomic E-state index is 11.6. The van der Waals surface area contributed by atoms with Crippen molar-refractivity contribution in [3.8, 4) is 0 Å². The number of amides is 1. The van der Waals surface area contributed by atoms with E-state index >= 15 is 0 Å². The molecule has 0 aromatic carbocycles. The number of carbonyl (C=O) groups is 1. The summed E-state index contributed by atoms with van der Waals surface area (Å²) in [4.78, 5) is 13.4. The fraction of sp³-hybridized carbons (Fsp3) is 0.917. The van der Waals surface area contributed by atoms with Crippen molar-refractivity contribution < 1.29 is 9.53 Å². The maximum Gasteiger partial charge on any atom is 0.410 e. The third kappa shape index (κ3) is 5.05. The van der Waals surface area contributed by atoms with E-state index in [9.17, 15) is 4.79 Å². The summed E-state index contributed by atoms with van der Waals surface area (Å²) in [5, 5.41) is 0. The zero-order valence-electron chi connectivity index (χ0n) is 11.0. The number of hydrogen-bond donors (Lipinski definition) is 0. The lowest BCUT2D eigenvalue weighted by Crippen LogP contribution is -2.38. The molecule has 1 saturated heterocycles. The van der Waals surface area contributed by atoms with E-state index in [0.29, 0.717) is 6.04 Å². The van der Waals surface area contributed by atoms with Gasteiger partial charge in [0.1, 0.15) is 5.60 Å². The first-order chi connectivity index (χ1) is 6.90. The van der Waals surface area contributed by atoms with Crippen LogP contribution < -0.4 is 0 Å². The van der Waals surface area contributed by atoms with E-state index in [0.717, 1.165) is 19.4 Å². The van der Waals surface area contributed by atoms with Gasteiger partial charge in [0.2, 0.25) is 0 Å². The quantitative estimate of drug-likeness (QED) is 0.619. The Morgan fingerprint density at radius 2 is 1.87 bits per heavy atom. The van der Waals surface area contributed by atoms with Crippen LogP contribution in [0.25, 0.3) is 0 Å². The van der Waals surface area contributed by atoms with Crippen molar-refractivity contribution in [1.29, 1.82) is 0 Å². The SMILES string of the molecule is CC.C[C@H]1CCCN1C(=O)OC(C)(C)C. The molecule has 0 aromatic heterocycles. The lowest BCUT2D eigenvalue weighted by molar-refractivity contribution is 0.0239. The number of nitrogens with zero attached hydrogens (tertiary/aromatic N) is 1. The smallest absolute Gasteiger partial charge is 0.410 e. The molecule has 3 nitrogen and oxygen atoms in total. The summed E-state index contributed by atoms with van der Waals surface area (Å²) in [5.74, 6) is 0. The first-order valence-electron chi connectivity index (χ1n) is 5.90. The molecule has 1 aliphatic rings. The molecule has 3 heteroatoms. The second-order valence-corrected chi connectivity index (χ2v) is 4.66. The van der Waals surface area contributed by atoms with Gasteiger partial charge in [0, 0.05) is 12.6 Å². The molecule has 1 rings (SSSR count). The Morgan fingerprint density at radius 3 is 2.20 bits per heavy atom. The highest BCUT2D eigenvalue weighted by Crippen LogP contribution is 2.19.